The minimum Gasteiger partial charge on any atom is -0.289 e. The van der Waals surface area contributed by atoms with Crippen molar-refractivity contribution in [3.8, 4) is 0 Å². The predicted molar refractivity (Wildman–Crippen MR) is 163 cm³/mol. The van der Waals surface area contributed by atoms with Crippen LogP contribution in [0.3, 0.4) is 0 Å². The molecule has 200 valence electrons. The SMILES string of the molecule is CC(C)(C)C1=CC=NC1.CC(C)(C)C1=CCC=N1.CC(C)(C)C1=CCN=C1.CC(C)(C)C1=NC=CC1. The summed E-state index contributed by atoms with van der Waals surface area (Å²) in [5.41, 5.74) is 6.43. The van der Waals surface area contributed by atoms with Crippen LogP contribution in [0.15, 0.2) is 67.3 Å². The monoisotopic (exact) mass is 492 g/mol. The third kappa shape index (κ3) is 12.1. The number of rotatable bonds is 0. The van der Waals surface area contributed by atoms with Crippen molar-refractivity contribution < 1.29 is 0 Å². The van der Waals surface area contributed by atoms with Gasteiger partial charge in [0.1, 0.15) is 0 Å². The van der Waals surface area contributed by atoms with Gasteiger partial charge in [-0.3, -0.25) is 20.0 Å². The van der Waals surface area contributed by atoms with Gasteiger partial charge in [0, 0.05) is 59.9 Å². The van der Waals surface area contributed by atoms with Gasteiger partial charge in [0.15, 0.2) is 0 Å². The van der Waals surface area contributed by atoms with Crippen LogP contribution in [0.5, 0.6) is 0 Å². The lowest BCUT2D eigenvalue weighted by molar-refractivity contribution is 0.499. The zero-order chi connectivity index (χ0) is 27.6. The molecule has 0 aromatic heterocycles. The van der Waals surface area contributed by atoms with Crippen LogP contribution < -0.4 is 0 Å². The first-order chi connectivity index (χ1) is 16.4. The Morgan fingerprint density at radius 1 is 0.722 bits per heavy atom. The Balaban J connectivity index is 0.000000240. The van der Waals surface area contributed by atoms with Gasteiger partial charge < -0.3 is 0 Å². The largest absolute Gasteiger partial charge is 0.289 e. The highest BCUT2D eigenvalue weighted by Crippen LogP contribution is 2.28. The molecule has 0 fully saturated rings. The van der Waals surface area contributed by atoms with Crippen molar-refractivity contribution in [2.24, 2.45) is 41.6 Å². The van der Waals surface area contributed by atoms with Crippen molar-refractivity contribution >= 4 is 24.4 Å². The predicted octanol–water partition coefficient (Wildman–Crippen LogP) is 8.87. The summed E-state index contributed by atoms with van der Waals surface area (Å²) in [6.45, 7) is 28.2. The molecule has 4 aliphatic heterocycles. The molecule has 4 aliphatic rings. The molecule has 0 N–H and O–H groups in total. The molecule has 0 aliphatic carbocycles. The average molecular weight is 493 g/mol. The third-order valence-corrected chi connectivity index (χ3v) is 6.05. The van der Waals surface area contributed by atoms with Crippen LogP contribution in [0.25, 0.3) is 0 Å². The standard InChI is InChI=1S/4C8H13N/c2*1-8(2,3)7-4-5-9-6-7;2*1-8(2,3)7-5-4-6-9-7/h4,6H,5H2,1-3H3;4-5H,6H2,1-3H3;5-6H,4H2,1-3H3;4,6H,5H2,1-3H3. The van der Waals surface area contributed by atoms with E-state index < -0.39 is 0 Å². The summed E-state index contributed by atoms with van der Waals surface area (Å²) in [7, 11) is 0. The van der Waals surface area contributed by atoms with Crippen molar-refractivity contribution in [1.29, 1.82) is 0 Å². The topological polar surface area (TPSA) is 49.4 Å². The van der Waals surface area contributed by atoms with Crippen molar-refractivity contribution in [2.45, 2.75) is 95.9 Å². The number of allylic oxidation sites excluding steroid dienone is 5. The van der Waals surface area contributed by atoms with E-state index in [4.69, 9.17) is 0 Å². The first-order valence-electron chi connectivity index (χ1n) is 13.3. The Labute approximate surface area is 222 Å². The van der Waals surface area contributed by atoms with E-state index in [1.54, 1.807) is 0 Å². The number of hydrogen-bond donors (Lipinski definition) is 0. The molecule has 0 aromatic rings. The van der Waals surface area contributed by atoms with Gasteiger partial charge >= 0.3 is 0 Å². The summed E-state index contributed by atoms with van der Waals surface area (Å²) in [6, 6.07) is 0. The summed E-state index contributed by atoms with van der Waals surface area (Å²) in [5, 5.41) is 0. The molecular weight excluding hydrogens is 440 g/mol. The highest BCUT2D eigenvalue weighted by atomic mass is 14.8. The van der Waals surface area contributed by atoms with Crippen LogP contribution in [0.4, 0.5) is 0 Å². The fourth-order valence-electron chi connectivity index (χ4n) is 3.42. The molecule has 0 saturated heterocycles. The van der Waals surface area contributed by atoms with Crippen LogP contribution in [0.2, 0.25) is 0 Å². The summed E-state index contributed by atoms with van der Waals surface area (Å²) >= 11 is 0. The summed E-state index contributed by atoms with van der Waals surface area (Å²) < 4.78 is 0. The molecule has 4 heteroatoms. The maximum atomic E-state index is 4.24. The van der Waals surface area contributed by atoms with Gasteiger partial charge in [-0.25, -0.2) is 0 Å². The second-order valence-corrected chi connectivity index (χ2v) is 13.6. The van der Waals surface area contributed by atoms with E-state index >= 15 is 0 Å². The lowest BCUT2D eigenvalue weighted by Crippen LogP contribution is -2.17. The summed E-state index contributed by atoms with van der Waals surface area (Å²) in [6.07, 6.45) is 18.3. The molecule has 4 rings (SSSR count). The zero-order valence-corrected chi connectivity index (χ0v) is 25.2. The molecule has 0 atom stereocenters. The Kier molecular flexibility index (Phi) is 11.7. The van der Waals surface area contributed by atoms with Gasteiger partial charge in [0.25, 0.3) is 0 Å². The number of aliphatic imine (C=N–C) groups is 4. The van der Waals surface area contributed by atoms with Crippen LogP contribution in [0, 0.1) is 21.7 Å². The average Bonchev–Trinajstić information content (AvgIpc) is 3.57. The van der Waals surface area contributed by atoms with E-state index in [2.05, 4.69) is 127 Å². The maximum Gasteiger partial charge on any atom is 0.0608 e. The van der Waals surface area contributed by atoms with Gasteiger partial charge in [0.2, 0.25) is 0 Å². The summed E-state index contributed by atoms with van der Waals surface area (Å²) in [5.74, 6) is 0. The molecule has 0 spiro atoms. The van der Waals surface area contributed by atoms with Gasteiger partial charge in [-0.1, -0.05) is 101 Å². The molecule has 0 amide bonds. The van der Waals surface area contributed by atoms with Crippen LogP contribution in [-0.2, 0) is 0 Å². The molecule has 0 saturated carbocycles. The Morgan fingerprint density at radius 3 is 1.61 bits per heavy atom. The van der Waals surface area contributed by atoms with Crippen LogP contribution in [-0.4, -0.2) is 37.4 Å². The quantitative estimate of drug-likeness (QED) is 0.324. The van der Waals surface area contributed by atoms with Crippen LogP contribution >= 0.6 is 0 Å². The fourth-order valence-corrected chi connectivity index (χ4v) is 3.42. The fraction of sp³-hybridized carbons (Fsp3) is 0.625. The Bertz CT molecular complexity index is 872. The smallest absolute Gasteiger partial charge is 0.0608 e. The highest BCUT2D eigenvalue weighted by molar-refractivity contribution is 5.92. The Morgan fingerprint density at radius 2 is 1.39 bits per heavy atom. The van der Waals surface area contributed by atoms with Crippen molar-refractivity contribution in [2.75, 3.05) is 13.1 Å². The lowest BCUT2D eigenvalue weighted by atomic mass is 9.87. The highest BCUT2D eigenvalue weighted by Gasteiger charge is 2.19. The van der Waals surface area contributed by atoms with E-state index in [1.165, 1.54) is 22.6 Å². The number of nitrogens with zero attached hydrogens (tertiary/aromatic N) is 4. The maximum absolute atomic E-state index is 4.24. The third-order valence-electron chi connectivity index (χ3n) is 6.05. The first kappa shape index (κ1) is 31.7. The summed E-state index contributed by atoms with van der Waals surface area (Å²) in [4.78, 5) is 16.7. The molecular formula is C32H52N4. The van der Waals surface area contributed by atoms with E-state index in [0.717, 1.165) is 25.9 Å². The van der Waals surface area contributed by atoms with Crippen molar-refractivity contribution in [3.63, 3.8) is 0 Å². The van der Waals surface area contributed by atoms with Crippen molar-refractivity contribution in [1.82, 2.24) is 0 Å². The zero-order valence-electron chi connectivity index (χ0n) is 25.2. The van der Waals surface area contributed by atoms with Gasteiger partial charge in [-0.05, 0) is 28.1 Å². The molecule has 36 heavy (non-hydrogen) atoms. The van der Waals surface area contributed by atoms with Gasteiger partial charge in [-0.2, -0.15) is 0 Å². The lowest BCUT2D eigenvalue weighted by Gasteiger charge is -2.18. The molecule has 0 radical (unpaired) electrons. The van der Waals surface area contributed by atoms with E-state index in [0.29, 0.717) is 10.8 Å². The molecule has 0 bridgehead atoms. The molecule has 4 nitrogen and oxygen atoms in total. The minimum absolute atomic E-state index is 0.243. The molecule has 0 unspecified atom stereocenters. The second kappa shape index (κ2) is 13.3. The van der Waals surface area contributed by atoms with E-state index in [-0.39, 0.29) is 10.8 Å². The van der Waals surface area contributed by atoms with Gasteiger partial charge in [0.05, 0.1) is 13.1 Å². The molecule has 4 heterocycles. The second-order valence-electron chi connectivity index (χ2n) is 13.6. The van der Waals surface area contributed by atoms with E-state index in [9.17, 15) is 0 Å². The van der Waals surface area contributed by atoms with E-state index in [1.807, 2.05) is 24.8 Å². The normalized spacial score (nSPS) is 18.3. The molecule has 0 aromatic carbocycles. The first-order valence-corrected chi connectivity index (χ1v) is 13.3. The van der Waals surface area contributed by atoms with Crippen molar-refractivity contribution in [3.05, 3.63) is 47.3 Å². The van der Waals surface area contributed by atoms with Crippen LogP contribution in [0.1, 0.15) is 95.9 Å². The number of hydrogen-bond acceptors (Lipinski definition) is 4. The van der Waals surface area contributed by atoms with Gasteiger partial charge in [-0.15, -0.1) is 0 Å². The Hall–Kier alpha value is -2.36. The minimum atomic E-state index is 0.243.